The molecule has 2 saturated heterocycles. The van der Waals surface area contributed by atoms with E-state index in [2.05, 4.69) is 35.4 Å². The van der Waals surface area contributed by atoms with Crippen molar-refractivity contribution in [3.8, 4) is 0 Å². The fraction of sp³-hybridized carbons (Fsp3) is 1.00. The third kappa shape index (κ3) is 2.40. The van der Waals surface area contributed by atoms with Gasteiger partial charge in [-0.1, -0.05) is 0 Å². The standard InChI is InChI=1S/C12H25N3S/c1-11(2)14-4-6-15(7-5-14)12(9-13)3-8-16-10-12/h11H,3-10,13H2,1-2H3. The minimum Gasteiger partial charge on any atom is -0.329 e. The van der Waals surface area contributed by atoms with E-state index in [9.17, 15) is 0 Å². The van der Waals surface area contributed by atoms with Gasteiger partial charge in [0.1, 0.15) is 0 Å². The fourth-order valence-electron chi connectivity index (χ4n) is 2.85. The molecule has 0 aromatic rings. The summed E-state index contributed by atoms with van der Waals surface area (Å²) in [4.78, 5) is 5.23. The zero-order valence-corrected chi connectivity index (χ0v) is 11.4. The van der Waals surface area contributed by atoms with Gasteiger partial charge in [-0.2, -0.15) is 11.8 Å². The van der Waals surface area contributed by atoms with Gasteiger partial charge in [-0.3, -0.25) is 9.80 Å². The first-order valence-electron chi connectivity index (χ1n) is 6.45. The van der Waals surface area contributed by atoms with Crippen molar-refractivity contribution < 1.29 is 0 Å². The molecule has 1 unspecified atom stereocenters. The normalized spacial score (nSPS) is 33.8. The monoisotopic (exact) mass is 243 g/mol. The van der Waals surface area contributed by atoms with Crippen molar-refractivity contribution in [1.82, 2.24) is 9.80 Å². The third-order valence-electron chi connectivity index (χ3n) is 4.18. The van der Waals surface area contributed by atoms with Crippen LogP contribution in [0.5, 0.6) is 0 Å². The molecule has 2 heterocycles. The highest BCUT2D eigenvalue weighted by Crippen LogP contribution is 2.33. The summed E-state index contributed by atoms with van der Waals surface area (Å²) in [6.45, 7) is 10.3. The molecule has 3 nitrogen and oxygen atoms in total. The molecule has 2 rings (SSSR count). The summed E-state index contributed by atoms with van der Waals surface area (Å²) in [5.41, 5.74) is 6.35. The van der Waals surface area contributed by atoms with E-state index in [1.165, 1.54) is 44.1 Å². The van der Waals surface area contributed by atoms with Crippen LogP contribution >= 0.6 is 11.8 Å². The molecule has 0 amide bonds. The van der Waals surface area contributed by atoms with Crippen LogP contribution < -0.4 is 5.73 Å². The van der Waals surface area contributed by atoms with E-state index in [4.69, 9.17) is 5.73 Å². The van der Waals surface area contributed by atoms with Gasteiger partial charge in [-0.15, -0.1) is 0 Å². The minimum atomic E-state index is 0.327. The number of nitrogens with zero attached hydrogens (tertiary/aromatic N) is 2. The summed E-state index contributed by atoms with van der Waals surface area (Å²) < 4.78 is 0. The van der Waals surface area contributed by atoms with Gasteiger partial charge in [0, 0.05) is 50.1 Å². The van der Waals surface area contributed by atoms with Crippen molar-refractivity contribution >= 4 is 11.8 Å². The Morgan fingerprint density at radius 1 is 1.25 bits per heavy atom. The fourth-order valence-corrected chi connectivity index (χ4v) is 4.34. The molecular weight excluding hydrogens is 218 g/mol. The molecule has 0 spiro atoms. The van der Waals surface area contributed by atoms with E-state index >= 15 is 0 Å². The second kappa shape index (κ2) is 5.25. The first kappa shape index (κ1) is 12.7. The lowest BCUT2D eigenvalue weighted by molar-refractivity contribution is 0.0390. The third-order valence-corrected chi connectivity index (χ3v) is 5.41. The number of thioether (sulfide) groups is 1. The first-order valence-corrected chi connectivity index (χ1v) is 7.60. The average Bonchev–Trinajstić information content (AvgIpc) is 2.79. The van der Waals surface area contributed by atoms with E-state index in [0.29, 0.717) is 11.6 Å². The predicted molar refractivity (Wildman–Crippen MR) is 72.0 cm³/mol. The van der Waals surface area contributed by atoms with Crippen LogP contribution in [-0.4, -0.2) is 65.6 Å². The van der Waals surface area contributed by atoms with Gasteiger partial charge in [0.25, 0.3) is 0 Å². The largest absolute Gasteiger partial charge is 0.329 e. The van der Waals surface area contributed by atoms with Crippen LogP contribution in [0, 0.1) is 0 Å². The highest BCUT2D eigenvalue weighted by molar-refractivity contribution is 7.99. The van der Waals surface area contributed by atoms with Crippen molar-refractivity contribution in [3.05, 3.63) is 0 Å². The molecule has 2 aliphatic heterocycles. The maximum absolute atomic E-state index is 6.03. The average molecular weight is 243 g/mol. The van der Waals surface area contributed by atoms with Crippen molar-refractivity contribution in [3.63, 3.8) is 0 Å². The Kier molecular flexibility index (Phi) is 4.16. The maximum atomic E-state index is 6.03. The summed E-state index contributed by atoms with van der Waals surface area (Å²) in [5.74, 6) is 2.53. The molecule has 0 radical (unpaired) electrons. The van der Waals surface area contributed by atoms with E-state index < -0.39 is 0 Å². The maximum Gasteiger partial charge on any atom is 0.0430 e. The lowest BCUT2D eigenvalue weighted by Crippen LogP contribution is -2.61. The second-order valence-corrected chi connectivity index (χ2v) is 6.45. The summed E-state index contributed by atoms with van der Waals surface area (Å²) >= 11 is 2.07. The summed E-state index contributed by atoms with van der Waals surface area (Å²) in [6.07, 6.45) is 1.29. The number of hydrogen-bond acceptors (Lipinski definition) is 4. The van der Waals surface area contributed by atoms with Crippen molar-refractivity contribution in [2.75, 3.05) is 44.2 Å². The summed E-state index contributed by atoms with van der Waals surface area (Å²) in [5, 5.41) is 0. The first-order chi connectivity index (χ1) is 7.68. The molecule has 0 bridgehead atoms. The topological polar surface area (TPSA) is 32.5 Å². The summed E-state index contributed by atoms with van der Waals surface area (Å²) in [6, 6.07) is 0.689. The Hall–Kier alpha value is 0.230. The Bertz CT molecular complexity index is 218. The van der Waals surface area contributed by atoms with Crippen LogP contribution in [0.3, 0.4) is 0 Å². The number of piperazine rings is 1. The van der Waals surface area contributed by atoms with Gasteiger partial charge in [-0.05, 0) is 26.0 Å². The molecule has 1 atom stereocenters. The Balaban J connectivity index is 1.92. The van der Waals surface area contributed by atoms with Crippen LogP contribution in [0.2, 0.25) is 0 Å². The van der Waals surface area contributed by atoms with E-state index in [-0.39, 0.29) is 0 Å². The minimum absolute atomic E-state index is 0.327. The Morgan fingerprint density at radius 3 is 2.38 bits per heavy atom. The molecule has 16 heavy (non-hydrogen) atoms. The number of rotatable bonds is 3. The van der Waals surface area contributed by atoms with E-state index in [0.717, 1.165) is 6.54 Å². The van der Waals surface area contributed by atoms with Gasteiger partial charge >= 0.3 is 0 Å². The predicted octanol–water partition coefficient (Wildman–Crippen LogP) is 0.847. The molecule has 94 valence electrons. The van der Waals surface area contributed by atoms with Gasteiger partial charge in [0.15, 0.2) is 0 Å². The van der Waals surface area contributed by atoms with E-state index in [1.54, 1.807) is 0 Å². The SMILES string of the molecule is CC(C)N1CCN(C2(CN)CCSC2)CC1. The van der Waals surface area contributed by atoms with Gasteiger partial charge < -0.3 is 5.73 Å². The molecule has 0 aliphatic carbocycles. The lowest BCUT2D eigenvalue weighted by Gasteiger charge is -2.46. The lowest BCUT2D eigenvalue weighted by atomic mass is 9.95. The molecule has 0 aromatic heterocycles. The van der Waals surface area contributed by atoms with Crippen molar-refractivity contribution in [2.24, 2.45) is 5.73 Å². The molecule has 0 aromatic carbocycles. The zero-order valence-electron chi connectivity index (χ0n) is 10.6. The van der Waals surface area contributed by atoms with Crippen LogP contribution in [0.25, 0.3) is 0 Å². The van der Waals surface area contributed by atoms with Gasteiger partial charge in [-0.25, -0.2) is 0 Å². The smallest absolute Gasteiger partial charge is 0.0430 e. The number of hydrogen-bond donors (Lipinski definition) is 1. The Morgan fingerprint density at radius 2 is 1.94 bits per heavy atom. The Labute approximate surface area is 104 Å². The second-order valence-electron chi connectivity index (χ2n) is 5.35. The van der Waals surface area contributed by atoms with E-state index in [1.807, 2.05) is 0 Å². The molecular formula is C12H25N3S. The number of nitrogens with two attached hydrogens (primary N) is 1. The zero-order chi connectivity index (χ0) is 11.6. The quantitative estimate of drug-likeness (QED) is 0.796. The van der Waals surface area contributed by atoms with Crippen LogP contribution in [-0.2, 0) is 0 Å². The molecule has 4 heteroatoms. The van der Waals surface area contributed by atoms with Crippen molar-refractivity contribution in [1.29, 1.82) is 0 Å². The van der Waals surface area contributed by atoms with Crippen LogP contribution in [0.15, 0.2) is 0 Å². The molecule has 0 saturated carbocycles. The van der Waals surface area contributed by atoms with Crippen LogP contribution in [0.1, 0.15) is 20.3 Å². The highest BCUT2D eigenvalue weighted by atomic mass is 32.2. The van der Waals surface area contributed by atoms with Crippen LogP contribution in [0.4, 0.5) is 0 Å². The van der Waals surface area contributed by atoms with Crippen molar-refractivity contribution in [2.45, 2.75) is 31.8 Å². The molecule has 2 aliphatic rings. The molecule has 2 N–H and O–H groups in total. The molecule has 2 fully saturated rings. The summed E-state index contributed by atoms with van der Waals surface area (Å²) in [7, 11) is 0. The van der Waals surface area contributed by atoms with Gasteiger partial charge in [0.05, 0.1) is 0 Å². The highest BCUT2D eigenvalue weighted by Gasteiger charge is 2.40. The van der Waals surface area contributed by atoms with Gasteiger partial charge in [0.2, 0.25) is 0 Å².